The van der Waals surface area contributed by atoms with Crippen LogP contribution >= 0.6 is 11.8 Å². The monoisotopic (exact) mass is 265 g/mol. The van der Waals surface area contributed by atoms with Crippen LogP contribution in [0.4, 0.5) is 0 Å². The predicted octanol–water partition coefficient (Wildman–Crippen LogP) is 3.14. The van der Waals surface area contributed by atoms with E-state index in [9.17, 15) is 0 Å². The lowest BCUT2D eigenvalue weighted by atomic mass is 10.4. The van der Waals surface area contributed by atoms with E-state index in [-0.39, 0.29) is 0 Å². The first-order chi connectivity index (χ1) is 8.84. The first kappa shape index (κ1) is 13.9. The summed E-state index contributed by atoms with van der Waals surface area (Å²) in [6, 6.07) is 10.6. The Morgan fingerprint density at radius 1 is 1.22 bits per heavy atom. The highest BCUT2D eigenvalue weighted by atomic mass is 32.2. The van der Waals surface area contributed by atoms with Crippen LogP contribution in [0.3, 0.4) is 0 Å². The molecule has 1 aliphatic carbocycles. The van der Waals surface area contributed by atoms with Crippen molar-refractivity contribution >= 4 is 11.8 Å². The summed E-state index contributed by atoms with van der Waals surface area (Å²) in [5, 5.41) is 0. The summed E-state index contributed by atoms with van der Waals surface area (Å²) in [4.78, 5) is 3.71. The van der Waals surface area contributed by atoms with Crippen LogP contribution in [0.5, 0.6) is 0 Å². The van der Waals surface area contributed by atoms with Crippen molar-refractivity contribution in [2.75, 3.05) is 39.1 Å². The number of ether oxygens (including phenoxy) is 1. The first-order valence-electron chi connectivity index (χ1n) is 6.79. The van der Waals surface area contributed by atoms with Crippen LogP contribution in [0.25, 0.3) is 0 Å². The molecular weight excluding hydrogens is 242 g/mol. The third-order valence-electron chi connectivity index (χ3n) is 3.15. The standard InChI is InChI=1S/C15H23NOS/c1-16(9-11-17-13-14-7-8-14)10-12-18-15-5-3-2-4-6-15/h2-6,14H,7-13H2,1H3. The summed E-state index contributed by atoms with van der Waals surface area (Å²) in [6.07, 6.45) is 2.76. The van der Waals surface area contributed by atoms with E-state index in [1.807, 2.05) is 11.8 Å². The van der Waals surface area contributed by atoms with Crippen molar-refractivity contribution < 1.29 is 4.74 Å². The molecule has 0 aromatic heterocycles. The van der Waals surface area contributed by atoms with E-state index in [1.165, 1.54) is 17.7 Å². The number of likely N-dealkylation sites (N-methyl/N-ethyl adjacent to an activating group) is 1. The van der Waals surface area contributed by atoms with Gasteiger partial charge >= 0.3 is 0 Å². The minimum absolute atomic E-state index is 0.878. The molecule has 0 spiro atoms. The Hall–Kier alpha value is -0.510. The number of hydrogen-bond donors (Lipinski definition) is 0. The second kappa shape index (κ2) is 7.82. The zero-order chi connectivity index (χ0) is 12.6. The molecule has 0 N–H and O–H groups in total. The zero-order valence-electron chi connectivity index (χ0n) is 11.2. The Labute approximate surface area is 115 Å². The smallest absolute Gasteiger partial charge is 0.0593 e. The average Bonchev–Trinajstić information content (AvgIpc) is 3.20. The lowest BCUT2D eigenvalue weighted by Crippen LogP contribution is -2.25. The number of hydrogen-bond acceptors (Lipinski definition) is 3. The van der Waals surface area contributed by atoms with Crippen molar-refractivity contribution in [1.29, 1.82) is 0 Å². The summed E-state index contributed by atoms with van der Waals surface area (Å²) in [5.41, 5.74) is 0. The molecule has 2 nitrogen and oxygen atoms in total. The van der Waals surface area contributed by atoms with Gasteiger partial charge in [-0.3, -0.25) is 0 Å². The van der Waals surface area contributed by atoms with Crippen molar-refractivity contribution in [3.63, 3.8) is 0 Å². The molecule has 0 aliphatic heterocycles. The zero-order valence-corrected chi connectivity index (χ0v) is 12.0. The van der Waals surface area contributed by atoms with Gasteiger partial charge in [0, 0.05) is 30.3 Å². The average molecular weight is 265 g/mol. The molecule has 1 aromatic carbocycles. The predicted molar refractivity (Wildman–Crippen MR) is 78.2 cm³/mol. The van der Waals surface area contributed by atoms with Crippen LogP contribution in [0.2, 0.25) is 0 Å². The molecule has 3 heteroatoms. The maximum atomic E-state index is 5.64. The van der Waals surface area contributed by atoms with Gasteiger partial charge in [-0.2, -0.15) is 0 Å². The normalized spacial score (nSPS) is 15.2. The van der Waals surface area contributed by atoms with E-state index in [2.05, 4.69) is 42.3 Å². The maximum absolute atomic E-state index is 5.64. The molecule has 1 aromatic rings. The van der Waals surface area contributed by atoms with Crippen LogP contribution in [-0.2, 0) is 4.74 Å². The van der Waals surface area contributed by atoms with Crippen molar-refractivity contribution in [2.45, 2.75) is 17.7 Å². The molecule has 0 heterocycles. The number of rotatable bonds is 9. The Bertz CT molecular complexity index is 327. The van der Waals surface area contributed by atoms with Gasteiger partial charge in [0.05, 0.1) is 6.61 Å². The van der Waals surface area contributed by atoms with Crippen LogP contribution < -0.4 is 0 Å². The van der Waals surface area contributed by atoms with E-state index < -0.39 is 0 Å². The minimum atomic E-state index is 0.878. The van der Waals surface area contributed by atoms with Gasteiger partial charge in [0.2, 0.25) is 0 Å². The third kappa shape index (κ3) is 5.89. The summed E-state index contributed by atoms with van der Waals surface area (Å²) in [6.45, 7) is 4.02. The molecule has 0 atom stereocenters. The second-order valence-electron chi connectivity index (χ2n) is 4.98. The Morgan fingerprint density at radius 2 is 2.00 bits per heavy atom. The summed E-state index contributed by atoms with van der Waals surface area (Å²) < 4.78 is 5.64. The van der Waals surface area contributed by atoms with E-state index in [0.29, 0.717) is 0 Å². The fourth-order valence-corrected chi connectivity index (χ4v) is 2.69. The van der Waals surface area contributed by atoms with Crippen LogP contribution in [0.1, 0.15) is 12.8 Å². The van der Waals surface area contributed by atoms with Crippen molar-refractivity contribution in [3.05, 3.63) is 30.3 Å². The Balaban J connectivity index is 1.47. The van der Waals surface area contributed by atoms with Crippen LogP contribution in [0.15, 0.2) is 35.2 Å². The molecule has 2 rings (SSSR count). The third-order valence-corrected chi connectivity index (χ3v) is 4.14. The fourth-order valence-electron chi connectivity index (χ4n) is 1.70. The molecule has 1 fully saturated rings. The largest absolute Gasteiger partial charge is 0.380 e. The second-order valence-corrected chi connectivity index (χ2v) is 6.15. The molecule has 100 valence electrons. The lowest BCUT2D eigenvalue weighted by molar-refractivity contribution is 0.105. The maximum Gasteiger partial charge on any atom is 0.0593 e. The van der Waals surface area contributed by atoms with E-state index in [4.69, 9.17) is 4.74 Å². The number of nitrogens with zero attached hydrogens (tertiary/aromatic N) is 1. The first-order valence-corrected chi connectivity index (χ1v) is 7.77. The topological polar surface area (TPSA) is 12.5 Å². The van der Waals surface area contributed by atoms with Crippen molar-refractivity contribution in [3.8, 4) is 0 Å². The molecule has 0 radical (unpaired) electrons. The van der Waals surface area contributed by atoms with Crippen LogP contribution in [0, 0.1) is 5.92 Å². The van der Waals surface area contributed by atoms with Gasteiger partial charge in [0.1, 0.15) is 0 Å². The molecule has 0 amide bonds. The van der Waals surface area contributed by atoms with E-state index in [0.717, 1.165) is 38.0 Å². The fraction of sp³-hybridized carbons (Fsp3) is 0.600. The van der Waals surface area contributed by atoms with Gasteiger partial charge < -0.3 is 9.64 Å². The molecule has 0 unspecified atom stereocenters. The molecular formula is C15H23NOS. The molecule has 0 bridgehead atoms. The van der Waals surface area contributed by atoms with E-state index >= 15 is 0 Å². The highest BCUT2D eigenvalue weighted by Crippen LogP contribution is 2.28. The molecule has 1 saturated carbocycles. The van der Waals surface area contributed by atoms with Gasteiger partial charge in [-0.25, -0.2) is 0 Å². The number of thioether (sulfide) groups is 1. The minimum Gasteiger partial charge on any atom is -0.380 e. The van der Waals surface area contributed by atoms with Gasteiger partial charge in [-0.15, -0.1) is 11.8 Å². The number of benzene rings is 1. The quantitative estimate of drug-likeness (QED) is 0.503. The highest BCUT2D eigenvalue weighted by molar-refractivity contribution is 7.99. The highest BCUT2D eigenvalue weighted by Gasteiger charge is 2.20. The molecule has 1 aliphatic rings. The molecule has 18 heavy (non-hydrogen) atoms. The summed E-state index contributed by atoms with van der Waals surface area (Å²) >= 11 is 1.92. The summed E-state index contributed by atoms with van der Waals surface area (Å²) in [7, 11) is 2.17. The van der Waals surface area contributed by atoms with Gasteiger partial charge in [0.25, 0.3) is 0 Å². The SMILES string of the molecule is CN(CCOCC1CC1)CCSc1ccccc1. The van der Waals surface area contributed by atoms with Gasteiger partial charge in [0.15, 0.2) is 0 Å². The van der Waals surface area contributed by atoms with Gasteiger partial charge in [-0.1, -0.05) is 18.2 Å². The lowest BCUT2D eigenvalue weighted by Gasteiger charge is -2.16. The van der Waals surface area contributed by atoms with E-state index in [1.54, 1.807) is 0 Å². The van der Waals surface area contributed by atoms with Gasteiger partial charge in [-0.05, 0) is 37.9 Å². The van der Waals surface area contributed by atoms with Crippen LogP contribution in [-0.4, -0.2) is 44.0 Å². The Kier molecular flexibility index (Phi) is 6.05. The Morgan fingerprint density at radius 3 is 2.72 bits per heavy atom. The summed E-state index contributed by atoms with van der Waals surface area (Å²) in [5.74, 6) is 2.02. The van der Waals surface area contributed by atoms with Crippen molar-refractivity contribution in [2.24, 2.45) is 5.92 Å². The molecule has 0 saturated heterocycles. The van der Waals surface area contributed by atoms with Crippen molar-refractivity contribution in [1.82, 2.24) is 4.90 Å².